The predicted molar refractivity (Wildman–Crippen MR) is 76.5 cm³/mol. The van der Waals surface area contributed by atoms with Crippen molar-refractivity contribution in [1.29, 1.82) is 0 Å². The molecule has 0 bridgehead atoms. The molecule has 102 valence electrons. The third-order valence-electron chi connectivity index (χ3n) is 2.96. The summed E-state index contributed by atoms with van der Waals surface area (Å²) in [6, 6.07) is 4.77. The summed E-state index contributed by atoms with van der Waals surface area (Å²) >= 11 is 1.71. The molecule has 1 atom stereocenters. The van der Waals surface area contributed by atoms with Crippen molar-refractivity contribution in [3.63, 3.8) is 0 Å². The van der Waals surface area contributed by atoms with Crippen LogP contribution in [0.2, 0.25) is 0 Å². The fourth-order valence-electron chi connectivity index (χ4n) is 1.74. The Morgan fingerprint density at radius 3 is 2.79 bits per heavy atom. The molecule has 19 heavy (non-hydrogen) atoms. The standard InChI is InChI=1S/C14H18N2O2S/c1-3-12-8-16-14(19-12)9(2)15-7-10-4-5-11(17)6-13(10)18/h4-6,8-9,15,17-18H,3,7H2,1-2H3. The number of aromatic hydroxyl groups is 2. The van der Waals surface area contributed by atoms with Gasteiger partial charge in [0.05, 0.1) is 6.04 Å². The SMILES string of the molecule is CCc1cnc(C(C)NCc2ccc(O)cc2O)s1. The lowest BCUT2D eigenvalue weighted by Crippen LogP contribution is -2.17. The second-order valence-electron chi connectivity index (χ2n) is 4.43. The summed E-state index contributed by atoms with van der Waals surface area (Å²) in [5, 5.41) is 23.3. The Hall–Kier alpha value is -1.59. The van der Waals surface area contributed by atoms with E-state index in [0.29, 0.717) is 6.54 Å². The van der Waals surface area contributed by atoms with Crippen molar-refractivity contribution in [2.45, 2.75) is 32.9 Å². The predicted octanol–water partition coefficient (Wildman–Crippen LogP) is 2.97. The van der Waals surface area contributed by atoms with Crippen LogP contribution >= 0.6 is 11.3 Å². The van der Waals surface area contributed by atoms with Crippen LogP contribution < -0.4 is 5.32 Å². The van der Waals surface area contributed by atoms with Crippen LogP contribution in [-0.2, 0) is 13.0 Å². The van der Waals surface area contributed by atoms with Gasteiger partial charge in [0.2, 0.25) is 0 Å². The van der Waals surface area contributed by atoms with Crippen LogP contribution in [0.1, 0.15) is 35.3 Å². The topological polar surface area (TPSA) is 65.4 Å². The highest BCUT2D eigenvalue weighted by Gasteiger charge is 2.10. The summed E-state index contributed by atoms with van der Waals surface area (Å²) in [4.78, 5) is 5.66. The number of hydrogen-bond donors (Lipinski definition) is 3. The molecule has 1 aromatic carbocycles. The normalized spacial score (nSPS) is 12.5. The lowest BCUT2D eigenvalue weighted by Gasteiger charge is -2.12. The van der Waals surface area contributed by atoms with Gasteiger partial charge in [-0.3, -0.25) is 0 Å². The zero-order valence-electron chi connectivity index (χ0n) is 11.1. The smallest absolute Gasteiger partial charge is 0.123 e. The molecule has 1 aromatic heterocycles. The molecule has 0 fully saturated rings. The van der Waals surface area contributed by atoms with Crippen LogP contribution in [0, 0.1) is 0 Å². The molecular formula is C14H18N2O2S. The lowest BCUT2D eigenvalue weighted by atomic mass is 10.2. The first-order valence-corrected chi connectivity index (χ1v) is 7.10. The van der Waals surface area contributed by atoms with Crippen molar-refractivity contribution in [1.82, 2.24) is 10.3 Å². The molecular weight excluding hydrogens is 260 g/mol. The molecule has 1 heterocycles. The van der Waals surface area contributed by atoms with Gasteiger partial charge in [0.1, 0.15) is 16.5 Å². The Balaban J connectivity index is 1.98. The van der Waals surface area contributed by atoms with Gasteiger partial charge in [0.25, 0.3) is 0 Å². The van der Waals surface area contributed by atoms with Crippen LogP contribution in [0.4, 0.5) is 0 Å². The number of hydrogen-bond acceptors (Lipinski definition) is 5. The van der Waals surface area contributed by atoms with Gasteiger partial charge in [-0.15, -0.1) is 11.3 Å². The number of thiazole rings is 1. The molecule has 0 saturated heterocycles. The maximum Gasteiger partial charge on any atom is 0.123 e. The van der Waals surface area contributed by atoms with E-state index < -0.39 is 0 Å². The molecule has 0 saturated carbocycles. The highest BCUT2D eigenvalue weighted by atomic mass is 32.1. The molecule has 0 aliphatic rings. The van der Waals surface area contributed by atoms with E-state index in [0.717, 1.165) is 17.0 Å². The van der Waals surface area contributed by atoms with Gasteiger partial charge in [0.15, 0.2) is 0 Å². The Labute approximate surface area is 116 Å². The third kappa shape index (κ3) is 3.45. The van der Waals surface area contributed by atoms with E-state index >= 15 is 0 Å². The van der Waals surface area contributed by atoms with Crippen LogP contribution in [0.25, 0.3) is 0 Å². The minimum atomic E-state index is 0.0711. The van der Waals surface area contributed by atoms with E-state index in [1.807, 2.05) is 6.20 Å². The van der Waals surface area contributed by atoms with Crippen molar-refractivity contribution in [2.24, 2.45) is 0 Å². The first kappa shape index (κ1) is 13.8. The Kier molecular flexibility index (Phi) is 4.39. The van der Waals surface area contributed by atoms with E-state index in [9.17, 15) is 10.2 Å². The fraction of sp³-hybridized carbons (Fsp3) is 0.357. The van der Waals surface area contributed by atoms with Gasteiger partial charge in [-0.2, -0.15) is 0 Å². The largest absolute Gasteiger partial charge is 0.508 e. The zero-order valence-corrected chi connectivity index (χ0v) is 11.9. The van der Waals surface area contributed by atoms with Crippen LogP contribution in [0.5, 0.6) is 11.5 Å². The second-order valence-corrected chi connectivity index (χ2v) is 5.58. The summed E-state index contributed by atoms with van der Waals surface area (Å²) in [6.07, 6.45) is 2.92. The van der Waals surface area contributed by atoms with Gasteiger partial charge in [0, 0.05) is 29.2 Å². The molecule has 0 amide bonds. The summed E-state index contributed by atoms with van der Waals surface area (Å²) in [7, 11) is 0. The van der Waals surface area contributed by atoms with Gasteiger partial charge < -0.3 is 15.5 Å². The van der Waals surface area contributed by atoms with Crippen molar-refractivity contribution in [3.8, 4) is 11.5 Å². The first-order chi connectivity index (χ1) is 9.10. The Morgan fingerprint density at radius 1 is 1.37 bits per heavy atom. The van der Waals surface area contributed by atoms with Crippen molar-refractivity contribution < 1.29 is 10.2 Å². The van der Waals surface area contributed by atoms with Gasteiger partial charge in [-0.25, -0.2) is 4.98 Å². The number of rotatable bonds is 5. The molecule has 0 spiro atoms. The molecule has 3 N–H and O–H groups in total. The summed E-state index contributed by atoms with van der Waals surface area (Å²) < 4.78 is 0. The van der Waals surface area contributed by atoms with Crippen molar-refractivity contribution in [2.75, 3.05) is 0 Å². The van der Waals surface area contributed by atoms with E-state index in [1.54, 1.807) is 23.5 Å². The Morgan fingerprint density at radius 2 is 2.16 bits per heavy atom. The molecule has 1 unspecified atom stereocenters. The molecule has 0 aliphatic carbocycles. The fourth-order valence-corrected chi connectivity index (χ4v) is 2.62. The average Bonchev–Trinajstić information content (AvgIpc) is 2.86. The monoisotopic (exact) mass is 278 g/mol. The number of nitrogens with one attached hydrogen (secondary N) is 1. The number of aromatic nitrogens is 1. The van der Waals surface area contributed by atoms with E-state index in [4.69, 9.17) is 0 Å². The number of nitrogens with zero attached hydrogens (tertiary/aromatic N) is 1. The number of benzene rings is 1. The third-order valence-corrected chi connectivity index (χ3v) is 4.28. The summed E-state index contributed by atoms with van der Waals surface area (Å²) in [6.45, 7) is 4.70. The molecule has 2 aromatic rings. The van der Waals surface area contributed by atoms with Gasteiger partial charge in [-0.05, 0) is 19.4 Å². The lowest BCUT2D eigenvalue weighted by molar-refractivity contribution is 0.441. The van der Waals surface area contributed by atoms with Crippen molar-refractivity contribution in [3.05, 3.63) is 39.8 Å². The zero-order chi connectivity index (χ0) is 13.8. The molecule has 0 aliphatic heterocycles. The quantitative estimate of drug-likeness (QED) is 0.786. The maximum absolute atomic E-state index is 9.70. The second kappa shape index (κ2) is 6.04. The Bertz CT molecular complexity index is 554. The molecule has 0 radical (unpaired) electrons. The number of phenolic OH excluding ortho intramolecular Hbond substituents is 2. The minimum Gasteiger partial charge on any atom is -0.508 e. The van der Waals surface area contributed by atoms with E-state index in [-0.39, 0.29) is 17.5 Å². The molecule has 5 heteroatoms. The first-order valence-electron chi connectivity index (χ1n) is 6.29. The summed E-state index contributed by atoms with van der Waals surface area (Å²) in [5.74, 6) is 0.176. The minimum absolute atomic E-state index is 0.0711. The summed E-state index contributed by atoms with van der Waals surface area (Å²) in [5.41, 5.74) is 0.761. The van der Waals surface area contributed by atoms with Crippen LogP contribution in [0.3, 0.4) is 0 Å². The molecule has 4 nitrogen and oxygen atoms in total. The maximum atomic E-state index is 9.70. The van der Waals surface area contributed by atoms with Crippen molar-refractivity contribution >= 4 is 11.3 Å². The highest BCUT2D eigenvalue weighted by molar-refractivity contribution is 7.11. The van der Waals surface area contributed by atoms with E-state index in [2.05, 4.69) is 24.1 Å². The van der Waals surface area contributed by atoms with E-state index in [1.165, 1.54) is 10.9 Å². The molecule has 2 rings (SSSR count). The van der Waals surface area contributed by atoms with Crippen LogP contribution in [0.15, 0.2) is 24.4 Å². The van der Waals surface area contributed by atoms with Crippen LogP contribution in [-0.4, -0.2) is 15.2 Å². The number of aryl methyl sites for hydroxylation is 1. The number of phenols is 2. The highest BCUT2D eigenvalue weighted by Crippen LogP contribution is 2.24. The van der Waals surface area contributed by atoms with Gasteiger partial charge in [-0.1, -0.05) is 13.0 Å². The van der Waals surface area contributed by atoms with Gasteiger partial charge >= 0.3 is 0 Å². The average molecular weight is 278 g/mol.